The van der Waals surface area contributed by atoms with E-state index in [0.29, 0.717) is 36.4 Å². The maximum Gasteiger partial charge on any atom is 0.305 e. The van der Waals surface area contributed by atoms with Gasteiger partial charge >= 0.3 is 4.87 Å². The Hall–Kier alpha value is -1.19. The van der Waals surface area contributed by atoms with Crippen LogP contribution in [0.15, 0.2) is 9.00 Å². The van der Waals surface area contributed by atoms with E-state index in [9.17, 15) is 18.0 Å². The number of hydrogen-bond acceptors (Lipinski definition) is 5. The largest absolute Gasteiger partial charge is 0.358 e. The summed E-state index contributed by atoms with van der Waals surface area (Å²) in [7, 11) is -2.32. The van der Waals surface area contributed by atoms with Crippen LogP contribution >= 0.6 is 11.3 Å². The molecule has 1 saturated heterocycles. The average Bonchev–Trinajstić information content (AvgIpc) is 2.95. The van der Waals surface area contributed by atoms with Crippen molar-refractivity contribution in [2.45, 2.75) is 30.0 Å². The van der Waals surface area contributed by atoms with Crippen LogP contribution in [-0.4, -0.2) is 43.2 Å². The zero-order valence-corrected chi connectivity index (χ0v) is 12.2. The first-order chi connectivity index (χ1) is 8.87. The van der Waals surface area contributed by atoms with Crippen molar-refractivity contribution in [2.24, 2.45) is 0 Å². The summed E-state index contributed by atoms with van der Waals surface area (Å²) in [6, 6.07) is -0.688. The molecular weight excluding hydrogens is 290 g/mol. The van der Waals surface area contributed by atoms with Gasteiger partial charge in [-0.25, -0.2) is 8.42 Å². The van der Waals surface area contributed by atoms with Crippen LogP contribution in [0.4, 0.5) is 0 Å². The number of likely N-dealkylation sites (N-methyl/N-ethyl adjacent to an activating group) is 1. The zero-order valence-electron chi connectivity index (χ0n) is 10.6. The van der Waals surface area contributed by atoms with E-state index < -0.39 is 20.9 Å². The lowest BCUT2D eigenvalue weighted by molar-refractivity contribution is -0.123. The van der Waals surface area contributed by atoms with E-state index in [1.807, 2.05) is 0 Å². The third-order valence-corrected chi connectivity index (χ3v) is 6.57. The van der Waals surface area contributed by atoms with Gasteiger partial charge in [-0.15, -0.1) is 0 Å². The van der Waals surface area contributed by atoms with Crippen molar-refractivity contribution in [3.8, 4) is 0 Å². The molecule has 0 aliphatic carbocycles. The van der Waals surface area contributed by atoms with Crippen molar-refractivity contribution in [2.75, 3.05) is 13.6 Å². The molecule has 1 amide bonds. The van der Waals surface area contributed by atoms with E-state index in [4.69, 9.17) is 0 Å². The number of aromatic amines is 1. The number of carbonyl (C=O) groups excluding carboxylic acids is 1. The Morgan fingerprint density at radius 1 is 1.53 bits per heavy atom. The number of nitrogens with zero attached hydrogens (tertiary/aromatic N) is 1. The molecule has 0 spiro atoms. The molecule has 2 rings (SSSR count). The van der Waals surface area contributed by atoms with Crippen LogP contribution in [0.25, 0.3) is 0 Å². The topological polar surface area (TPSA) is 99.3 Å². The first-order valence-corrected chi connectivity index (χ1v) is 8.06. The lowest BCUT2D eigenvalue weighted by Gasteiger charge is -2.22. The van der Waals surface area contributed by atoms with Gasteiger partial charge in [0.1, 0.15) is 6.04 Å². The third-order valence-electron chi connectivity index (χ3n) is 3.08. The number of thiazole rings is 1. The molecule has 1 aliphatic heterocycles. The van der Waals surface area contributed by atoms with Gasteiger partial charge in [0.2, 0.25) is 5.91 Å². The quantitative estimate of drug-likeness (QED) is 0.797. The summed E-state index contributed by atoms with van der Waals surface area (Å²) in [6.07, 6.45) is 1.13. The van der Waals surface area contributed by atoms with Gasteiger partial charge in [0, 0.05) is 19.3 Å². The van der Waals surface area contributed by atoms with Gasteiger partial charge in [-0.3, -0.25) is 9.59 Å². The van der Waals surface area contributed by atoms with Crippen molar-refractivity contribution >= 4 is 27.3 Å². The highest BCUT2D eigenvalue weighted by Gasteiger charge is 2.40. The van der Waals surface area contributed by atoms with Crippen molar-refractivity contribution in [1.82, 2.24) is 14.6 Å². The van der Waals surface area contributed by atoms with Crippen LogP contribution in [0, 0.1) is 6.92 Å². The molecule has 1 atom stereocenters. The molecule has 2 heterocycles. The van der Waals surface area contributed by atoms with E-state index in [-0.39, 0.29) is 10.1 Å². The number of H-pyrrole nitrogens is 1. The molecule has 1 fully saturated rings. The molecule has 0 aromatic carbocycles. The fourth-order valence-corrected chi connectivity index (χ4v) is 5.27. The molecule has 1 aromatic rings. The Morgan fingerprint density at radius 3 is 2.74 bits per heavy atom. The number of aromatic nitrogens is 1. The van der Waals surface area contributed by atoms with Crippen LogP contribution in [-0.2, 0) is 14.8 Å². The molecule has 106 valence electrons. The van der Waals surface area contributed by atoms with Gasteiger partial charge in [-0.2, -0.15) is 4.31 Å². The monoisotopic (exact) mass is 305 g/mol. The number of aryl methyl sites for hydroxylation is 1. The fraction of sp³-hybridized carbons (Fsp3) is 0.600. The molecular formula is C10H15N3O4S2. The van der Waals surface area contributed by atoms with E-state index in [1.165, 1.54) is 18.3 Å². The smallest absolute Gasteiger partial charge is 0.305 e. The Balaban J connectivity index is 2.42. The second-order valence-corrected chi connectivity index (χ2v) is 7.38. The third kappa shape index (κ3) is 2.45. The summed E-state index contributed by atoms with van der Waals surface area (Å²) in [4.78, 5) is 25.0. The van der Waals surface area contributed by atoms with Crippen molar-refractivity contribution < 1.29 is 13.2 Å². The summed E-state index contributed by atoms with van der Waals surface area (Å²) in [6.45, 7) is 1.84. The number of hydrogen-bond donors (Lipinski definition) is 2. The molecule has 1 unspecified atom stereocenters. The minimum absolute atomic E-state index is 0.00620. The van der Waals surface area contributed by atoms with Crippen molar-refractivity contribution in [1.29, 1.82) is 0 Å². The van der Waals surface area contributed by atoms with Crippen LogP contribution in [0.5, 0.6) is 0 Å². The normalized spacial score (nSPS) is 20.6. The molecule has 2 N–H and O–H groups in total. The van der Waals surface area contributed by atoms with Gasteiger partial charge in [0.15, 0.2) is 4.21 Å². The second kappa shape index (κ2) is 5.06. The lowest BCUT2D eigenvalue weighted by Crippen LogP contribution is -2.44. The molecule has 9 heteroatoms. The number of sulfonamides is 1. The number of carbonyl (C=O) groups is 1. The molecule has 1 aliphatic rings. The van der Waals surface area contributed by atoms with Crippen molar-refractivity contribution in [3.63, 3.8) is 0 Å². The Bertz CT molecular complexity index is 646. The van der Waals surface area contributed by atoms with Crippen LogP contribution in [0.3, 0.4) is 0 Å². The van der Waals surface area contributed by atoms with E-state index in [2.05, 4.69) is 10.3 Å². The molecule has 7 nitrogen and oxygen atoms in total. The van der Waals surface area contributed by atoms with Gasteiger partial charge in [0.25, 0.3) is 10.0 Å². The average molecular weight is 305 g/mol. The first kappa shape index (κ1) is 14.2. The lowest BCUT2D eigenvalue weighted by atomic mass is 10.2. The number of amides is 1. The van der Waals surface area contributed by atoms with E-state index in [1.54, 1.807) is 0 Å². The summed E-state index contributed by atoms with van der Waals surface area (Å²) >= 11 is 0.657. The van der Waals surface area contributed by atoms with E-state index in [0.717, 1.165) is 0 Å². The standard InChI is InChI=1S/C10H15N3O4S2/c1-6-9(18-10(15)12-6)19(16,17)13-5-3-4-7(13)8(14)11-2/h7H,3-5H2,1-2H3,(H,11,14)(H,12,15). The molecule has 0 saturated carbocycles. The maximum atomic E-state index is 12.5. The predicted octanol–water partition coefficient (Wildman–Crippen LogP) is -0.356. The summed E-state index contributed by atoms with van der Waals surface area (Å²) in [5, 5.41) is 2.47. The summed E-state index contributed by atoms with van der Waals surface area (Å²) in [5.74, 6) is -0.318. The van der Waals surface area contributed by atoms with Crippen molar-refractivity contribution in [3.05, 3.63) is 15.4 Å². The molecule has 0 radical (unpaired) electrons. The van der Waals surface area contributed by atoms with Gasteiger partial charge in [-0.05, 0) is 19.8 Å². The summed E-state index contributed by atoms with van der Waals surface area (Å²) < 4.78 is 26.2. The van der Waals surface area contributed by atoms with E-state index >= 15 is 0 Å². The predicted molar refractivity (Wildman–Crippen MR) is 70.7 cm³/mol. The Labute approximate surface area is 114 Å². The van der Waals surface area contributed by atoms with Gasteiger partial charge < -0.3 is 10.3 Å². The molecule has 19 heavy (non-hydrogen) atoms. The maximum absolute atomic E-state index is 12.5. The molecule has 1 aromatic heterocycles. The summed E-state index contributed by atoms with van der Waals surface area (Å²) in [5.41, 5.74) is 0.317. The SMILES string of the molecule is CNC(=O)C1CCCN1S(=O)(=O)c1sc(=O)[nH]c1C. The van der Waals surface area contributed by atoms with Crippen LogP contribution in [0.1, 0.15) is 18.5 Å². The minimum Gasteiger partial charge on any atom is -0.358 e. The second-order valence-electron chi connectivity index (χ2n) is 4.32. The van der Waals surface area contributed by atoms with Gasteiger partial charge in [0.05, 0.1) is 0 Å². The Morgan fingerprint density at radius 2 is 2.21 bits per heavy atom. The highest BCUT2D eigenvalue weighted by molar-refractivity contribution is 7.91. The fourth-order valence-electron chi connectivity index (χ4n) is 2.20. The first-order valence-electron chi connectivity index (χ1n) is 5.81. The number of rotatable bonds is 3. The molecule has 0 bridgehead atoms. The minimum atomic E-state index is -3.79. The highest BCUT2D eigenvalue weighted by atomic mass is 32.2. The van der Waals surface area contributed by atoms with Crippen LogP contribution in [0.2, 0.25) is 0 Å². The Kier molecular flexibility index (Phi) is 3.79. The number of nitrogens with one attached hydrogen (secondary N) is 2. The highest BCUT2D eigenvalue weighted by Crippen LogP contribution is 2.28. The van der Waals surface area contributed by atoms with Crippen LogP contribution < -0.4 is 10.2 Å². The zero-order chi connectivity index (χ0) is 14.2. The van der Waals surface area contributed by atoms with Gasteiger partial charge in [-0.1, -0.05) is 11.3 Å².